The largest absolute Gasteiger partial charge is 0.505 e. The number of phenols is 1. The normalized spacial score (nSPS) is 10.2. The molecule has 3 aromatic rings. The van der Waals surface area contributed by atoms with Crippen LogP contribution in [-0.2, 0) is 0 Å². The fourth-order valence-corrected chi connectivity index (χ4v) is 2.06. The van der Waals surface area contributed by atoms with Crippen LogP contribution >= 0.6 is 37.2 Å². The van der Waals surface area contributed by atoms with Crippen molar-refractivity contribution < 1.29 is 5.11 Å². The Bertz CT molecular complexity index is 707. The lowest BCUT2D eigenvalue weighted by Crippen LogP contribution is -2.00. The van der Waals surface area contributed by atoms with Crippen LogP contribution in [0.4, 0.5) is 0 Å². The Morgan fingerprint density at radius 2 is 1.55 bits per heavy atom. The second-order valence-corrected chi connectivity index (χ2v) is 4.43. The summed E-state index contributed by atoms with van der Waals surface area (Å²) in [5.41, 5.74) is 4.14. The Morgan fingerprint density at radius 3 is 2.10 bits per heavy atom. The zero-order valence-electron chi connectivity index (χ0n) is 11.0. The zero-order chi connectivity index (χ0) is 14.7. The molecule has 0 aliphatic rings. The van der Waals surface area contributed by atoms with Gasteiger partial charge in [-0.25, -0.2) is 0 Å². The van der Waals surface area contributed by atoms with Gasteiger partial charge >= 0.3 is 0 Å². The van der Waals surface area contributed by atoms with Gasteiger partial charge in [-0.15, -0.1) is 15.0 Å². The molecule has 0 aliphatic carbocycles. The van der Waals surface area contributed by atoms with Crippen LogP contribution in [0.3, 0.4) is 0 Å². The average Bonchev–Trinajstić information content (AvgIpc) is 2.88. The molecular weight excluding hydrogens is 480 g/mol. The molecule has 3 rings (SSSR count). The number of rotatable bonds is 1. The van der Waals surface area contributed by atoms with Gasteiger partial charge in [0.05, 0.1) is 0 Å². The van der Waals surface area contributed by atoms with Gasteiger partial charge in [-0.2, -0.15) is 0 Å². The van der Waals surface area contributed by atoms with Gasteiger partial charge < -0.3 is 5.11 Å². The van der Waals surface area contributed by atoms with Crippen molar-refractivity contribution in [3.05, 3.63) is 47.5 Å². The molecule has 0 amide bonds. The summed E-state index contributed by atoms with van der Waals surface area (Å²) in [7, 11) is 0. The standard InChI is InChI=1S/C14H13N3O.I2/c1-9-7-10(2)14(18)13(8-9)17-15-11-5-3-4-6-12(11)16-17;1-2/h3-8,18H,1-2H3;. The Morgan fingerprint density at radius 1 is 1.00 bits per heavy atom. The molecule has 0 aliphatic heterocycles. The lowest BCUT2D eigenvalue weighted by molar-refractivity contribution is 0.463. The predicted octanol–water partition coefficient (Wildman–Crippen LogP) is 4.51. The first-order valence-corrected chi connectivity index (χ1v) is 12.2. The highest BCUT2D eigenvalue weighted by Gasteiger charge is 2.10. The number of nitrogens with zero attached hydrogens (tertiary/aromatic N) is 3. The summed E-state index contributed by atoms with van der Waals surface area (Å²) in [6.45, 7) is 3.86. The van der Waals surface area contributed by atoms with Crippen molar-refractivity contribution in [2.24, 2.45) is 0 Å². The van der Waals surface area contributed by atoms with Gasteiger partial charge in [0.1, 0.15) is 22.5 Å². The number of phenolic OH excluding ortho intramolecular Hbond substituents is 1. The van der Waals surface area contributed by atoms with Crippen molar-refractivity contribution >= 4 is 48.3 Å². The van der Waals surface area contributed by atoms with Gasteiger partial charge in [0, 0.05) is 37.2 Å². The summed E-state index contributed by atoms with van der Waals surface area (Å²) < 4.78 is 0. The number of aromatic hydroxyl groups is 1. The molecule has 0 unspecified atom stereocenters. The van der Waals surface area contributed by atoms with Crippen LogP contribution in [0.15, 0.2) is 36.4 Å². The Kier molecular flexibility index (Phi) is 5.19. The molecule has 104 valence electrons. The number of halogens is 2. The van der Waals surface area contributed by atoms with Gasteiger partial charge in [0.25, 0.3) is 0 Å². The quantitative estimate of drug-likeness (QED) is 0.508. The van der Waals surface area contributed by atoms with Crippen molar-refractivity contribution in [3.8, 4) is 11.4 Å². The van der Waals surface area contributed by atoms with Crippen LogP contribution in [0.2, 0.25) is 0 Å². The smallest absolute Gasteiger partial charge is 0.146 e. The molecule has 1 heterocycles. The third kappa shape index (κ3) is 3.05. The fourth-order valence-electron chi connectivity index (χ4n) is 2.06. The van der Waals surface area contributed by atoms with E-state index in [0.717, 1.165) is 22.2 Å². The number of benzene rings is 2. The lowest BCUT2D eigenvalue weighted by Gasteiger charge is -2.07. The van der Waals surface area contributed by atoms with E-state index in [4.69, 9.17) is 0 Å². The summed E-state index contributed by atoms with van der Waals surface area (Å²) in [5.74, 6) is 0.223. The molecule has 20 heavy (non-hydrogen) atoms. The second kappa shape index (κ2) is 6.70. The second-order valence-electron chi connectivity index (χ2n) is 4.43. The molecule has 6 heteroatoms. The molecule has 2 aromatic carbocycles. The maximum Gasteiger partial charge on any atom is 0.146 e. The molecule has 0 bridgehead atoms. The highest BCUT2D eigenvalue weighted by molar-refractivity contribution is 15.0. The van der Waals surface area contributed by atoms with E-state index >= 15 is 0 Å². The molecule has 1 N–H and O–H groups in total. The molecule has 0 saturated heterocycles. The van der Waals surface area contributed by atoms with Gasteiger partial charge in [-0.05, 0) is 43.2 Å². The number of hydrogen-bond donors (Lipinski definition) is 1. The molecule has 0 fully saturated rings. The topological polar surface area (TPSA) is 50.9 Å². The third-order valence-electron chi connectivity index (χ3n) is 2.93. The maximum absolute atomic E-state index is 10.1. The van der Waals surface area contributed by atoms with E-state index in [1.54, 1.807) is 0 Å². The van der Waals surface area contributed by atoms with Crippen LogP contribution in [0.25, 0.3) is 16.7 Å². The molecule has 1 aromatic heterocycles. The van der Waals surface area contributed by atoms with E-state index in [0.29, 0.717) is 5.69 Å². The summed E-state index contributed by atoms with van der Waals surface area (Å²) in [4.78, 5) is 1.49. The molecule has 0 spiro atoms. The van der Waals surface area contributed by atoms with E-state index in [1.807, 2.05) is 50.2 Å². The fraction of sp³-hybridized carbons (Fsp3) is 0.143. The first kappa shape index (κ1) is 15.5. The van der Waals surface area contributed by atoms with E-state index in [2.05, 4.69) is 47.4 Å². The van der Waals surface area contributed by atoms with Crippen LogP contribution in [0.1, 0.15) is 11.1 Å². The minimum absolute atomic E-state index is 0.223. The number of fused-ring (bicyclic) bond motifs is 1. The molecule has 0 atom stereocenters. The molecule has 0 saturated carbocycles. The van der Waals surface area contributed by atoms with Crippen LogP contribution < -0.4 is 0 Å². The van der Waals surface area contributed by atoms with Crippen molar-refractivity contribution in [1.82, 2.24) is 15.0 Å². The van der Waals surface area contributed by atoms with Gasteiger partial charge in [0.15, 0.2) is 0 Å². The number of hydrogen-bond acceptors (Lipinski definition) is 3. The van der Waals surface area contributed by atoms with Crippen LogP contribution in [0.5, 0.6) is 5.75 Å². The highest BCUT2D eigenvalue weighted by Crippen LogP contribution is 2.26. The maximum atomic E-state index is 10.1. The van der Waals surface area contributed by atoms with E-state index in [-0.39, 0.29) is 5.75 Å². The van der Waals surface area contributed by atoms with Crippen LogP contribution in [0, 0.1) is 13.8 Å². The molecule has 0 radical (unpaired) electrons. The average molecular weight is 493 g/mol. The summed E-state index contributed by atoms with van der Waals surface area (Å²) in [6, 6.07) is 11.5. The SMILES string of the molecule is Cc1cc(C)c(O)c(-n2nc3ccccc3n2)c1.II. The minimum atomic E-state index is 0.223. The van der Waals surface area contributed by atoms with Crippen molar-refractivity contribution in [3.63, 3.8) is 0 Å². The minimum Gasteiger partial charge on any atom is -0.505 e. The number of aromatic nitrogens is 3. The summed E-state index contributed by atoms with van der Waals surface area (Å²) >= 11 is 4.24. The Balaban J connectivity index is 0.000000704. The monoisotopic (exact) mass is 493 g/mol. The predicted molar refractivity (Wildman–Crippen MR) is 98.0 cm³/mol. The summed E-state index contributed by atoms with van der Waals surface area (Å²) in [6.07, 6.45) is 0. The van der Waals surface area contributed by atoms with E-state index in [1.165, 1.54) is 4.80 Å². The van der Waals surface area contributed by atoms with Crippen molar-refractivity contribution in [2.45, 2.75) is 13.8 Å². The highest BCUT2D eigenvalue weighted by atomic mass is 128. The van der Waals surface area contributed by atoms with Crippen molar-refractivity contribution in [2.75, 3.05) is 0 Å². The van der Waals surface area contributed by atoms with Gasteiger partial charge in [-0.3, -0.25) is 0 Å². The zero-order valence-corrected chi connectivity index (χ0v) is 15.3. The van der Waals surface area contributed by atoms with Crippen LogP contribution in [-0.4, -0.2) is 20.1 Å². The van der Waals surface area contributed by atoms with Crippen molar-refractivity contribution in [1.29, 1.82) is 0 Å². The summed E-state index contributed by atoms with van der Waals surface area (Å²) in [5, 5.41) is 18.8. The van der Waals surface area contributed by atoms with E-state index in [9.17, 15) is 5.11 Å². The van der Waals surface area contributed by atoms with Gasteiger partial charge in [-0.1, -0.05) is 18.2 Å². The molecule has 4 nitrogen and oxygen atoms in total. The van der Waals surface area contributed by atoms with E-state index < -0.39 is 0 Å². The van der Waals surface area contributed by atoms with Gasteiger partial charge in [0.2, 0.25) is 0 Å². The lowest BCUT2D eigenvalue weighted by atomic mass is 10.1. The first-order valence-electron chi connectivity index (χ1n) is 5.92. The number of aryl methyl sites for hydroxylation is 2. The molecular formula is C14H13I2N3O. The Labute approximate surface area is 140 Å². The first-order chi connectivity index (χ1) is 9.65. The third-order valence-corrected chi connectivity index (χ3v) is 2.93. The Hall–Kier alpha value is -0.900.